The molecule has 12 aromatic carbocycles. The summed E-state index contributed by atoms with van der Waals surface area (Å²) in [7, 11) is 0. The van der Waals surface area contributed by atoms with Gasteiger partial charge in [0.15, 0.2) is 43.4 Å². The Labute approximate surface area is 368 Å². The van der Waals surface area contributed by atoms with Gasteiger partial charge in [-0.1, -0.05) is 97.1 Å². The number of aromatic nitrogens is 3. The van der Waals surface area contributed by atoms with Gasteiger partial charge in [0.1, 0.15) is 0 Å². The Bertz CT molecular complexity index is 5470. The number of nitrogens with one attached hydrogen (secondary N) is 3. The predicted molar refractivity (Wildman–Crippen MR) is 269 cm³/mol. The monoisotopic (exact) mass is 865 g/mol. The van der Waals surface area contributed by atoms with Crippen LogP contribution in [0.4, 0.5) is 0 Å². The lowest BCUT2D eigenvalue weighted by atomic mass is 9.93. The van der Waals surface area contributed by atoms with E-state index in [0.717, 1.165) is 0 Å². The van der Waals surface area contributed by atoms with Gasteiger partial charge in [0.2, 0.25) is 0 Å². The molecule has 0 unspecified atom stereocenters. The zero-order valence-electron chi connectivity index (χ0n) is 34.3. The zero-order chi connectivity index (χ0) is 45.0. The van der Waals surface area contributed by atoms with Crippen molar-refractivity contribution in [3.05, 3.63) is 203 Å². The quantitative estimate of drug-likeness (QED) is 0.127. The summed E-state index contributed by atoms with van der Waals surface area (Å²) in [6.07, 6.45) is 0. The van der Waals surface area contributed by atoms with Gasteiger partial charge in [0.05, 0.1) is 65.4 Å². The molecule has 67 heavy (non-hydrogen) atoms. The summed E-state index contributed by atoms with van der Waals surface area (Å²) in [5.74, 6) is 0. The Morgan fingerprint density at radius 1 is 0.179 bits per heavy atom. The second-order valence-corrected chi connectivity index (χ2v) is 17.5. The summed E-state index contributed by atoms with van der Waals surface area (Å²) in [6, 6.07) is 33.1. The van der Waals surface area contributed by atoms with Gasteiger partial charge in [0, 0.05) is 86.2 Å². The molecule has 0 saturated carbocycles. The number of fused-ring (bicyclic) bond motifs is 24. The summed E-state index contributed by atoms with van der Waals surface area (Å²) in [5.41, 5.74) is -1.50. The molecule has 15 aromatic rings. The molecule has 310 valence electrons. The molecule has 11 heteroatoms. The molecule has 0 atom stereocenters. The van der Waals surface area contributed by atoms with E-state index in [4.69, 9.17) is 0 Å². The highest BCUT2D eigenvalue weighted by molar-refractivity contribution is 6.40. The van der Waals surface area contributed by atoms with Crippen molar-refractivity contribution in [2.24, 2.45) is 0 Å². The highest BCUT2D eigenvalue weighted by Gasteiger charge is 2.28. The molecule has 15 rings (SSSR count). The second-order valence-electron chi connectivity index (χ2n) is 17.5. The van der Waals surface area contributed by atoms with Gasteiger partial charge >= 0.3 is 0 Å². The Morgan fingerprint density at radius 2 is 0.418 bits per heavy atom. The predicted octanol–water partition coefficient (Wildman–Crippen LogP) is 8.45. The van der Waals surface area contributed by atoms with Crippen molar-refractivity contribution in [1.29, 1.82) is 0 Å². The van der Waals surface area contributed by atoms with Crippen LogP contribution < -0.4 is 43.4 Å². The van der Waals surface area contributed by atoms with Gasteiger partial charge in [-0.25, -0.2) is 0 Å². The summed E-state index contributed by atoms with van der Waals surface area (Å²) < 4.78 is 0. The van der Waals surface area contributed by atoms with Gasteiger partial charge in [-0.3, -0.25) is 38.4 Å². The van der Waals surface area contributed by atoms with Crippen LogP contribution in [0, 0.1) is 0 Å². The van der Waals surface area contributed by atoms with Crippen LogP contribution in [0.25, 0.3) is 152 Å². The lowest BCUT2D eigenvalue weighted by Gasteiger charge is -2.07. The minimum absolute atomic E-state index is 0.0123. The number of H-pyrrole nitrogens is 3. The molecule has 0 aliphatic rings. The van der Waals surface area contributed by atoms with Gasteiger partial charge in [-0.15, -0.1) is 0 Å². The van der Waals surface area contributed by atoms with E-state index in [2.05, 4.69) is 15.0 Å². The molecule has 0 radical (unpaired) electrons. The van der Waals surface area contributed by atoms with Crippen LogP contribution in [0.15, 0.2) is 160 Å². The van der Waals surface area contributed by atoms with Crippen LogP contribution in [-0.2, 0) is 0 Å². The van der Waals surface area contributed by atoms with Crippen LogP contribution in [0.5, 0.6) is 0 Å². The van der Waals surface area contributed by atoms with E-state index in [1.807, 2.05) is 0 Å². The maximum Gasteiger partial charge on any atom is 0.198 e. The number of benzene rings is 12. The summed E-state index contributed by atoms with van der Waals surface area (Å²) >= 11 is 0. The fraction of sp³-hybridized carbons (Fsp3) is 0. The smallest absolute Gasteiger partial charge is 0.198 e. The Balaban J connectivity index is 1.20. The third kappa shape index (κ3) is 4.06. The van der Waals surface area contributed by atoms with Crippen LogP contribution in [-0.4, -0.2) is 15.0 Å². The SMILES string of the molecule is O=c1c2ccccc2c(=O)c2c1ccc1c3ccc4c(=O)c5c6[nH]c7c(ccc8c(=O)c9ccccc9c(=O)c87)c6c6c7ccc8c(=O)c9ccccc9c(=O)c8c7[nH]c6c5c(=O)c4c3[nH]c12. The molecular weight excluding hydrogens is 843 g/mol. The van der Waals surface area contributed by atoms with Gasteiger partial charge in [-0.05, 0) is 24.3 Å². The standard InChI is InChI=1S/C56H23N3O8/c60-49-23-7-1-4-10-26(23)52(63)37-31(49)17-13-21-22-14-18-34-40(44(22)57-43(21)37)56(67)42-41(55(34)66)47-35(29-15-19-32-38(45(29)58-47)53(64)27-11-5-2-8-24(27)50(32)61)36-30-16-20-33-39(46(30)59-48(36)42)54(65)28-12-6-3-9-25(28)51(33)62/h1-20,57-59H. The number of rotatable bonds is 0. The first-order valence-corrected chi connectivity index (χ1v) is 21.5. The van der Waals surface area contributed by atoms with Crippen molar-refractivity contribution in [2.45, 2.75) is 0 Å². The van der Waals surface area contributed by atoms with Crippen molar-refractivity contribution >= 4 is 152 Å². The van der Waals surface area contributed by atoms with E-state index in [0.29, 0.717) is 48.7 Å². The molecule has 3 N–H and O–H groups in total. The largest absolute Gasteiger partial charge is 0.353 e. The Hall–Kier alpha value is -9.48. The molecular formula is C56H23N3O8. The molecule has 3 heterocycles. The Kier molecular flexibility index (Phi) is 6.33. The number of aromatic amines is 3. The fourth-order valence-electron chi connectivity index (χ4n) is 11.6. The molecule has 0 saturated heterocycles. The van der Waals surface area contributed by atoms with E-state index in [1.54, 1.807) is 121 Å². The third-order valence-electron chi connectivity index (χ3n) is 14.5. The summed E-state index contributed by atoms with van der Waals surface area (Å²) in [6.45, 7) is 0. The highest BCUT2D eigenvalue weighted by atomic mass is 16.1. The van der Waals surface area contributed by atoms with E-state index < -0.39 is 16.3 Å². The molecule has 11 nitrogen and oxygen atoms in total. The Morgan fingerprint density at radius 3 is 0.791 bits per heavy atom. The van der Waals surface area contributed by atoms with Crippen molar-refractivity contribution < 1.29 is 0 Å². The molecule has 0 bridgehead atoms. The maximum atomic E-state index is 15.7. The average Bonchev–Trinajstić information content (AvgIpc) is 4.06. The minimum Gasteiger partial charge on any atom is -0.353 e. The number of hydrogen-bond acceptors (Lipinski definition) is 8. The summed E-state index contributed by atoms with van der Waals surface area (Å²) in [4.78, 5) is 126. The summed E-state index contributed by atoms with van der Waals surface area (Å²) in [5, 5.41) is 5.72. The van der Waals surface area contributed by atoms with E-state index in [1.165, 1.54) is 0 Å². The fourth-order valence-corrected chi connectivity index (χ4v) is 11.6. The van der Waals surface area contributed by atoms with Crippen molar-refractivity contribution in [2.75, 3.05) is 0 Å². The zero-order valence-corrected chi connectivity index (χ0v) is 34.3. The van der Waals surface area contributed by atoms with Crippen molar-refractivity contribution in [3.8, 4) is 0 Å². The van der Waals surface area contributed by atoms with E-state index in [-0.39, 0.29) is 130 Å². The molecule has 0 fully saturated rings. The maximum absolute atomic E-state index is 15.7. The van der Waals surface area contributed by atoms with Gasteiger partial charge in [-0.2, -0.15) is 0 Å². The van der Waals surface area contributed by atoms with Gasteiger partial charge < -0.3 is 15.0 Å². The molecule has 0 aliphatic heterocycles. The third-order valence-corrected chi connectivity index (χ3v) is 14.5. The highest BCUT2D eigenvalue weighted by Crippen LogP contribution is 2.44. The van der Waals surface area contributed by atoms with Crippen molar-refractivity contribution in [3.63, 3.8) is 0 Å². The van der Waals surface area contributed by atoms with E-state index >= 15 is 9.59 Å². The average molecular weight is 866 g/mol. The molecule has 0 spiro atoms. The first kappa shape index (κ1) is 35.9. The minimum atomic E-state index is -0.552. The first-order valence-electron chi connectivity index (χ1n) is 21.5. The number of hydrogen-bond donors (Lipinski definition) is 3. The molecule has 3 aromatic heterocycles. The van der Waals surface area contributed by atoms with Crippen molar-refractivity contribution in [1.82, 2.24) is 15.0 Å². The van der Waals surface area contributed by atoms with Crippen LogP contribution in [0.3, 0.4) is 0 Å². The van der Waals surface area contributed by atoms with Crippen LogP contribution >= 0.6 is 0 Å². The first-order chi connectivity index (χ1) is 32.6. The topological polar surface area (TPSA) is 184 Å². The van der Waals surface area contributed by atoms with E-state index in [9.17, 15) is 28.8 Å². The lowest BCUT2D eigenvalue weighted by Crippen LogP contribution is -2.14. The normalized spacial score (nSPS) is 12.7. The van der Waals surface area contributed by atoms with Gasteiger partial charge in [0.25, 0.3) is 0 Å². The molecule has 0 aliphatic carbocycles. The van der Waals surface area contributed by atoms with Crippen LogP contribution in [0.1, 0.15) is 0 Å². The second kappa shape index (κ2) is 11.8. The molecule has 0 amide bonds. The van der Waals surface area contributed by atoms with Crippen LogP contribution in [0.2, 0.25) is 0 Å². The lowest BCUT2D eigenvalue weighted by molar-refractivity contribution is 1.54.